The molecule has 2 heterocycles. The average molecular weight is 197 g/mol. The molecule has 1 N–H and O–H groups in total. The molecule has 1 saturated carbocycles. The van der Waals surface area contributed by atoms with E-state index in [2.05, 4.69) is 19.2 Å². The Labute approximate surface area is 89.7 Å². The van der Waals surface area contributed by atoms with E-state index >= 15 is 0 Å². The first-order valence-electron chi connectivity index (χ1n) is 6.42. The molecule has 0 aromatic rings. The molecule has 2 aliphatic heterocycles. The third kappa shape index (κ3) is 2.73. The topological polar surface area (TPSA) is 12.0 Å². The zero-order valence-electron chi connectivity index (χ0n) is 10.4. The molecular weight excluding hydrogens is 170 g/mol. The highest BCUT2D eigenvalue weighted by atomic mass is 14.9. The van der Waals surface area contributed by atoms with Gasteiger partial charge in [-0.1, -0.05) is 34.1 Å². The third-order valence-electron chi connectivity index (χ3n) is 4.00. The summed E-state index contributed by atoms with van der Waals surface area (Å²) in [6, 6.07) is 0.859. The maximum Gasteiger partial charge on any atom is 0.00673 e. The molecule has 0 aromatic heterocycles. The fourth-order valence-corrected chi connectivity index (χ4v) is 2.84. The second-order valence-corrected chi connectivity index (χ2v) is 5.26. The van der Waals surface area contributed by atoms with E-state index in [0.29, 0.717) is 5.41 Å². The van der Waals surface area contributed by atoms with Gasteiger partial charge in [0.15, 0.2) is 0 Å². The highest BCUT2D eigenvalue weighted by Crippen LogP contribution is 2.40. The summed E-state index contributed by atoms with van der Waals surface area (Å²) in [6.07, 6.45) is 7.17. The van der Waals surface area contributed by atoms with Crippen LogP contribution in [0.2, 0.25) is 0 Å². The SMILES string of the molecule is CC.CC1(C)CCCC2CCC1CN2. The number of hydrogen-bond acceptors (Lipinski definition) is 1. The van der Waals surface area contributed by atoms with Crippen LogP contribution < -0.4 is 5.32 Å². The van der Waals surface area contributed by atoms with Crippen LogP contribution >= 0.6 is 0 Å². The van der Waals surface area contributed by atoms with Crippen LogP contribution in [0, 0.1) is 11.3 Å². The average Bonchev–Trinajstić information content (AvgIpc) is 2.19. The molecule has 2 atom stereocenters. The lowest BCUT2D eigenvalue weighted by molar-refractivity contribution is 0.111. The van der Waals surface area contributed by atoms with E-state index in [-0.39, 0.29) is 0 Å². The first-order chi connectivity index (χ1) is 6.68. The van der Waals surface area contributed by atoms with Crippen LogP contribution in [0.5, 0.6) is 0 Å². The number of fused-ring (bicyclic) bond motifs is 5. The van der Waals surface area contributed by atoms with Crippen molar-refractivity contribution in [3.63, 3.8) is 0 Å². The van der Waals surface area contributed by atoms with Crippen LogP contribution in [0.4, 0.5) is 0 Å². The van der Waals surface area contributed by atoms with E-state index in [1.165, 1.54) is 38.6 Å². The molecule has 2 bridgehead atoms. The summed E-state index contributed by atoms with van der Waals surface area (Å²) in [5, 5.41) is 3.68. The summed E-state index contributed by atoms with van der Waals surface area (Å²) >= 11 is 0. The van der Waals surface area contributed by atoms with Gasteiger partial charge < -0.3 is 5.32 Å². The Morgan fingerprint density at radius 1 is 1.07 bits per heavy atom. The molecule has 0 spiro atoms. The smallest absolute Gasteiger partial charge is 0.00673 e. The fourth-order valence-electron chi connectivity index (χ4n) is 2.84. The van der Waals surface area contributed by atoms with Gasteiger partial charge in [-0.2, -0.15) is 0 Å². The van der Waals surface area contributed by atoms with Crippen molar-refractivity contribution in [1.29, 1.82) is 0 Å². The largest absolute Gasteiger partial charge is 0.314 e. The molecule has 2 saturated heterocycles. The van der Waals surface area contributed by atoms with Crippen molar-refractivity contribution in [2.45, 2.75) is 65.8 Å². The lowest BCUT2D eigenvalue weighted by Gasteiger charge is -2.43. The van der Waals surface area contributed by atoms with Crippen LogP contribution in [-0.2, 0) is 0 Å². The molecule has 1 nitrogen and oxygen atoms in total. The molecule has 84 valence electrons. The van der Waals surface area contributed by atoms with Gasteiger partial charge in [-0.25, -0.2) is 0 Å². The quantitative estimate of drug-likeness (QED) is 0.626. The van der Waals surface area contributed by atoms with E-state index in [1.807, 2.05) is 13.8 Å². The molecule has 0 aromatic carbocycles. The lowest BCUT2D eigenvalue weighted by atomic mass is 9.68. The number of rotatable bonds is 0. The molecule has 2 unspecified atom stereocenters. The highest BCUT2D eigenvalue weighted by Gasteiger charge is 2.34. The Bertz CT molecular complexity index is 152. The molecule has 0 radical (unpaired) electrons. The standard InChI is InChI=1S/C11H21N.C2H6/c1-11(2)7-3-4-10-6-5-9(11)8-12-10;1-2/h9-10,12H,3-8H2,1-2H3;1-2H3. The Hall–Kier alpha value is -0.0400. The van der Waals surface area contributed by atoms with Gasteiger partial charge in [0.05, 0.1) is 0 Å². The summed E-state index contributed by atoms with van der Waals surface area (Å²) in [6.45, 7) is 10.2. The zero-order chi connectivity index (χ0) is 10.6. The number of hydrogen-bond donors (Lipinski definition) is 1. The van der Waals surface area contributed by atoms with Crippen molar-refractivity contribution >= 4 is 0 Å². The first kappa shape index (κ1) is 12.0. The van der Waals surface area contributed by atoms with Gasteiger partial charge in [0.1, 0.15) is 0 Å². The van der Waals surface area contributed by atoms with Crippen LogP contribution in [-0.4, -0.2) is 12.6 Å². The zero-order valence-corrected chi connectivity index (χ0v) is 10.4. The van der Waals surface area contributed by atoms with Crippen molar-refractivity contribution < 1.29 is 0 Å². The Morgan fingerprint density at radius 2 is 1.79 bits per heavy atom. The van der Waals surface area contributed by atoms with Crippen molar-refractivity contribution in [2.24, 2.45) is 11.3 Å². The second-order valence-electron chi connectivity index (χ2n) is 5.26. The number of nitrogens with one attached hydrogen (secondary N) is 1. The summed E-state index contributed by atoms with van der Waals surface area (Å²) in [4.78, 5) is 0. The van der Waals surface area contributed by atoms with Crippen LogP contribution in [0.3, 0.4) is 0 Å². The molecule has 0 amide bonds. The summed E-state index contributed by atoms with van der Waals surface area (Å²) in [5.41, 5.74) is 0.596. The number of piperidine rings is 1. The molecule has 1 aliphatic carbocycles. The summed E-state index contributed by atoms with van der Waals surface area (Å²) in [5.74, 6) is 0.939. The molecule has 3 fully saturated rings. The Kier molecular flexibility index (Phi) is 4.43. The van der Waals surface area contributed by atoms with Gasteiger partial charge in [-0.15, -0.1) is 0 Å². The van der Waals surface area contributed by atoms with E-state index < -0.39 is 0 Å². The van der Waals surface area contributed by atoms with Crippen molar-refractivity contribution in [3.8, 4) is 0 Å². The molecule has 3 rings (SSSR count). The lowest BCUT2D eigenvalue weighted by Crippen LogP contribution is -2.46. The van der Waals surface area contributed by atoms with Crippen LogP contribution in [0.25, 0.3) is 0 Å². The van der Waals surface area contributed by atoms with E-state index in [4.69, 9.17) is 0 Å². The van der Waals surface area contributed by atoms with Gasteiger partial charge in [-0.05, 0) is 43.6 Å². The van der Waals surface area contributed by atoms with E-state index in [0.717, 1.165) is 12.0 Å². The monoisotopic (exact) mass is 197 g/mol. The highest BCUT2D eigenvalue weighted by molar-refractivity contribution is 4.89. The minimum absolute atomic E-state index is 0.596. The van der Waals surface area contributed by atoms with Gasteiger partial charge >= 0.3 is 0 Å². The van der Waals surface area contributed by atoms with E-state index in [9.17, 15) is 0 Å². The molecule has 3 aliphatic rings. The predicted molar refractivity (Wildman–Crippen MR) is 63.5 cm³/mol. The Balaban J connectivity index is 0.000000461. The van der Waals surface area contributed by atoms with E-state index in [1.54, 1.807) is 0 Å². The summed E-state index contributed by atoms with van der Waals surface area (Å²) in [7, 11) is 0. The molecule has 14 heavy (non-hydrogen) atoms. The maximum absolute atomic E-state index is 3.68. The fraction of sp³-hybridized carbons (Fsp3) is 1.00. The van der Waals surface area contributed by atoms with Gasteiger partial charge in [0.25, 0.3) is 0 Å². The minimum Gasteiger partial charge on any atom is -0.314 e. The van der Waals surface area contributed by atoms with Crippen molar-refractivity contribution in [3.05, 3.63) is 0 Å². The van der Waals surface area contributed by atoms with Crippen LogP contribution in [0.15, 0.2) is 0 Å². The maximum atomic E-state index is 3.68. The minimum atomic E-state index is 0.596. The Morgan fingerprint density at radius 3 is 2.36 bits per heavy atom. The first-order valence-corrected chi connectivity index (χ1v) is 6.42. The van der Waals surface area contributed by atoms with Gasteiger partial charge in [-0.3, -0.25) is 0 Å². The second kappa shape index (κ2) is 5.16. The third-order valence-corrected chi connectivity index (χ3v) is 4.00. The normalized spacial score (nSPS) is 35.1. The van der Waals surface area contributed by atoms with Gasteiger partial charge in [0, 0.05) is 6.04 Å². The van der Waals surface area contributed by atoms with Crippen molar-refractivity contribution in [1.82, 2.24) is 5.32 Å². The summed E-state index contributed by atoms with van der Waals surface area (Å²) < 4.78 is 0. The molecule has 1 heteroatoms. The van der Waals surface area contributed by atoms with Crippen LogP contribution in [0.1, 0.15) is 59.8 Å². The molecular formula is C13H27N. The predicted octanol–water partition coefficient (Wildman–Crippen LogP) is 3.59. The van der Waals surface area contributed by atoms with Crippen molar-refractivity contribution in [2.75, 3.05) is 6.54 Å². The van der Waals surface area contributed by atoms with Gasteiger partial charge in [0.2, 0.25) is 0 Å².